The van der Waals surface area contributed by atoms with Crippen molar-refractivity contribution in [3.05, 3.63) is 11.3 Å². The van der Waals surface area contributed by atoms with E-state index in [1.54, 1.807) is 18.7 Å². The summed E-state index contributed by atoms with van der Waals surface area (Å²) in [5, 5.41) is 3.03. The fourth-order valence-corrected chi connectivity index (χ4v) is 2.17. The quantitative estimate of drug-likeness (QED) is 0.642. The molecule has 1 rings (SSSR count). The van der Waals surface area contributed by atoms with Crippen LogP contribution in [-0.2, 0) is 4.79 Å². The molecule has 0 aromatic carbocycles. The van der Waals surface area contributed by atoms with Crippen LogP contribution in [0.2, 0.25) is 0 Å². The van der Waals surface area contributed by atoms with Gasteiger partial charge in [0, 0.05) is 29.8 Å². The summed E-state index contributed by atoms with van der Waals surface area (Å²) >= 11 is 1.79. The van der Waals surface area contributed by atoms with Crippen LogP contribution in [0.4, 0.5) is 0 Å². The molecule has 0 aliphatic carbocycles. The first-order valence-corrected chi connectivity index (χ1v) is 4.39. The lowest BCUT2D eigenvalue weighted by molar-refractivity contribution is -0.113. The maximum Gasteiger partial charge on any atom is 0.158 e. The minimum atomic E-state index is 0.203. The second kappa shape index (κ2) is 3.10. The van der Waals surface area contributed by atoms with E-state index in [1.807, 2.05) is 7.05 Å². The zero-order chi connectivity index (χ0) is 7.56. The van der Waals surface area contributed by atoms with E-state index >= 15 is 0 Å². The molecular formula is C7H11NOS. The second-order valence-electron chi connectivity index (χ2n) is 2.26. The SMILES string of the molecule is CNC1=C(C(C)=O)CSC1. The topological polar surface area (TPSA) is 29.1 Å². The monoisotopic (exact) mass is 157 g/mol. The first-order valence-electron chi connectivity index (χ1n) is 3.24. The highest BCUT2D eigenvalue weighted by molar-refractivity contribution is 7.99. The number of ketones is 1. The lowest BCUT2D eigenvalue weighted by atomic mass is 10.2. The van der Waals surface area contributed by atoms with Gasteiger partial charge in [-0.3, -0.25) is 4.79 Å². The molecule has 0 radical (unpaired) electrons. The van der Waals surface area contributed by atoms with Gasteiger partial charge in [-0.2, -0.15) is 11.8 Å². The lowest BCUT2D eigenvalue weighted by Gasteiger charge is -2.00. The maximum atomic E-state index is 10.9. The van der Waals surface area contributed by atoms with Gasteiger partial charge in [-0.25, -0.2) is 0 Å². The van der Waals surface area contributed by atoms with Gasteiger partial charge in [-0.1, -0.05) is 0 Å². The largest absolute Gasteiger partial charge is 0.390 e. The van der Waals surface area contributed by atoms with Gasteiger partial charge in [0.2, 0.25) is 0 Å². The molecule has 1 aliphatic rings. The van der Waals surface area contributed by atoms with E-state index in [0.29, 0.717) is 0 Å². The van der Waals surface area contributed by atoms with Gasteiger partial charge >= 0.3 is 0 Å². The van der Waals surface area contributed by atoms with Crippen molar-refractivity contribution < 1.29 is 4.79 Å². The van der Waals surface area contributed by atoms with Gasteiger partial charge in [0.15, 0.2) is 5.78 Å². The summed E-state index contributed by atoms with van der Waals surface area (Å²) in [6.45, 7) is 1.62. The average molecular weight is 157 g/mol. The van der Waals surface area contributed by atoms with E-state index < -0.39 is 0 Å². The molecule has 0 atom stereocenters. The number of thioether (sulfide) groups is 1. The molecule has 0 unspecified atom stereocenters. The molecule has 0 aromatic heterocycles. The van der Waals surface area contributed by atoms with E-state index in [4.69, 9.17) is 0 Å². The van der Waals surface area contributed by atoms with Gasteiger partial charge in [0.1, 0.15) is 0 Å². The van der Waals surface area contributed by atoms with E-state index in [-0.39, 0.29) is 5.78 Å². The smallest absolute Gasteiger partial charge is 0.158 e. The summed E-state index contributed by atoms with van der Waals surface area (Å²) in [4.78, 5) is 10.9. The predicted octanol–water partition coefficient (Wildman–Crippen LogP) is 0.796. The zero-order valence-electron chi connectivity index (χ0n) is 6.23. The fourth-order valence-electron chi connectivity index (χ4n) is 0.967. The van der Waals surface area contributed by atoms with Crippen molar-refractivity contribution in [1.82, 2.24) is 5.32 Å². The van der Waals surface area contributed by atoms with Crippen molar-refractivity contribution in [3.63, 3.8) is 0 Å². The Morgan fingerprint density at radius 2 is 2.30 bits per heavy atom. The molecule has 0 bridgehead atoms. The fraction of sp³-hybridized carbons (Fsp3) is 0.571. The third kappa shape index (κ3) is 1.34. The molecule has 0 saturated carbocycles. The predicted molar refractivity (Wildman–Crippen MR) is 44.1 cm³/mol. The number of hydrogen-bond donors (Lipinski definition) is 1. The number of nitrogens with one attached hydrogen (secondary N) is 1. The molecule has 1 N–H and O–H groups in total. The number of rotatable bonds is 2. The summed E-state index contributed by atoms with van der Waals surface area (Å²) in [6, 6.07) is 0. The Balaban J connectivity index is 2.78. The number of carbonyl (C=O) groups is 1. The van der Waals surface area contributed by atoms with Crippen molar-refractivity contribution in [2.45, 2.75) is 6.92 Å². The molecule has 10 heavy (non-hydrogen) atoms. The molecule has 0 aromatic rings. The third-order valence-corrected chi connectivity index (χ3v) is 2.57. The van der Waals surface area contributed by atoms with Gasteiger partial charge in [-0.15, -0.1) is 0 Å². The minimum Gasteiger partial charge on any atom is -0.390 e. The first kappa shape index (κ1) is 7.66. The molecule has 2 nitrogen and oxygen atoms in total. The minimum absolute atomic E-state index is 0.203. The summed E-state index contributed by atoms with van der Waals surface area (Å²) in [6.07, 6.45) is 0. The first-order chi connectivity index (χ1) is 4.75. The van der Waals surface area contributed by atoms with Crippen LogP contribution in [0, 0.1) is 0 Å². The Morgan fingerprint density at radius 1 is 1.60 bits per heavy atom. The highest BCUT2D eigenvalue weighted by Crippen LogP contribution is 2.22. The van der Waals surface area contributed by atoms with Crippen LogP contribution in [0.5, 0.6) is 0 Å². The van der Waals surface area contributed by atoms with Crippen molar-refractivity contribution in [1.29, 1.82) is 0 Å². The van der Waals surface area contributed by atoms with E-state index in [1.165, 1.54) is 0 Å². The number of carbonyl (C=O) groups excluding carboxylic acids is 1. The van der Waals surface area contributed by atoms with Crippen LogP contribution in [0.3, 0.4) is 0 Å². The molecule has 1 aliphatic heterocycles. The van der Waals surface area contributed by atoms with E-state index in [9.17, 15) is 4.79 Å². The van der Waals surface area contributed by atoms with Gasteiger partial charge in [-0.05, 0) is 6.92 Å². The molecule has 0 saturated heterocycles. The summed E-state index contributed by atoms with van der Waals surface area (Å²) < 4.78 is 0. The van der Waals surface area contributed by atoms with Crippen LogP contribution in [0.15, 0.2) is 11.3 Å². The second-order valence-corrected chi connectivity index (χ2v) is 3.24. The molecular weight excluding hydrogens is 146 g/mol. The zero-order valence-corrected chi connectivity index (χ0v) is 7.05. The Hall–Kier alpha value is -0.440. The molecule has 3 heteroatoms. The average Bonchev–Trinajstić information content (AvgIpc) is 2.33. The van der Waals surface area contributed by atoms with Crippen LogP contribution in [-0.4, -0.2) is 24.3 Å². The van der Waals surface area contributed by atoms with E-state index in [2.05, 4.69) is 5.32 Å². The Labute approximate surface area is 65.1 Å². The van der Waals surface area contributed by atoms with Crippen molar-refractivity contribution >= 4 is 17.5 Å². The van der Waals surface area contributed by atoms with Gasteiger partial charge < -0.3 is 5.32 Å². The van der Waals surface area contributed by atoms with Crippen LogP contribution in [0.25, 0.3) is 0 Å². The third-order valence-electron chi connectivity index (χ3n) is 1.58. The Bertz CT molecular complexity index is 186. The molecule has 56 valence electrons. The molecule has 0 spiro atoms. The Kier molecular flexibility index (Phi) is 2.38. The summed E-state index contributed by atoms with van der Waals surface area (Å²) in [7, 11) is 1.87. The summed E-state index contributed by atoms with van der Waals surface area (Å²) in [5.74, 6) is 2.05. The lowest BCUT2D eigenvalue weighted by Crippen LogP contribution is -2.11. The maximum absolute atomic E-state index is 10.9. The van der Waals surface area contributed by atoms with Crippen molar-refractivity contribution in [2.24, 2.45) is 0 Å². The van der Waals surface area contributed by atoms with Crippen LogP contribution >= 0.6 is 11.8 Å². The highest BCUT2D eigenvalue weighted by Gasteiger charge is 2.16. The van der Waals surface area contributed by atoms with Crippen molar-refractivity contribution in [3.8, 4) is 0 Å². The normalized spacial score (nSPS) is 17.8. The number of Topliss-reactive ketones (excluding diaryl/α,β-unsaturated/α-hetero) is 1. The van der Waals surface area contributed by atoms with Gasteiger partial charge in [0.05, 0.1) is 0 Å². The van der Waals surface area contributed by atoms with Crippen LogP contribution in [0.1, 0.15) is 6.92 Å². The van der Waals surface area contributed by atoms with Crippen molar-refractivity contribution in [2.75, 3.05) is 18.6 Å². The molecule has 1 heterocycles. The van der Waals surface area contributed by atoms with Gasteiger partial charge in [0.25, 0.3) is 0 Å². The molecule has 0 amide bonds. The number of hydrogen-bond acceptors (Lipinski definition) is 3. The van der Waals surface area contributed by atoms with Crippen LogP contribution < -0.4 is 5.32 Å². The standard InChI is InChI=1S/C7H11NOS/c1-5(9)6-3-10-4-7(6)8-2/h8H,3-4H2,1-2H3. The Morgan fingerprint density at radius 3 is 2.70 bits per heavy atom. The molecule has 0 fully saturated rings. The van der Waals surface area contributed by atoms with E-state index in [0.717, 1.165) is 22.8 Å². The summed E-state index contributed by atoms with van der Waals surface area (Å²) in [5.41, 5.74) is 2.07. The highest BCUT2D eigenvalue weighted by atomic mass is 32.2.